The Balaban J connectivity index is 3.34. The number of hydrogen-bond acceptors (Lipinski definition) is 3. The molecule has 0 aliphatic rings. The van der Waals surface area contributed by atoms with Crippen molar-refractivity contribution >= 4 is 5.97 Å². The number of aliphatic hydroxyl groups is 1. The van der Waals surface area contributed by atoms with Crippen LogP contribution >= 0.6 is 0 Å². The summed E-state index contributed by atoms with van der Waals surface area (Å²) in [5.41, 5.74) is -0.471. The Bertz CT molecular complexity index is 368. The molecule has 1 unspecified atom stereocenters. The summed E-state index contributed by atoms with van der Waals surface area (Å²) >= 11 is 0. The second-order valence-corrected chi connectivity index (χ2v) is 8.82. The van der Waals surface area contributed by atoms with Gasteiger partial charge in [0.25, 0.3) is 0 Å². The summed E-state index contributed by atoms with van der Waals surface area (Å²) < 4.78 is 5.23. The number of allylic oxidation sites excluding steroid dienone is 2. The Morgan fingerprint density at radius 3 is 1.85 bits per heavy atom. The Labute approximate surface area is 169 Å². The fourth-order valence-corrected chi connectivity index (χ4v) is 3.13. The summed E-state index contributed by atoms with van der Waals surface area (Å²) in [4.78, 5) is 11.6. The van der Waals surface area contributed by atoms with Gasteiger partial charge in [-0.1, -0.05) is 76.9 Å². The van der Waals surface area contributed by atoms with Crippen LogP contribution in [0.2, 0.25) is 0 Å². The van der Waals surface area contributed by atoms with Crippen LogP contribution in [-0.4, -0.2) is 22.8 Å². The van der Waals surface area contributed by atoms with Crippen molar-refractivity contribution in [2.75, 3.05) is 0 Å². The van der Waals surface area contributed by atoms with E-state index in [1.807, 2.05) is 20.8 Å². The van der Waals surface area contributed by atoms with Crippen LogP contribution in [0.15, 0.2) is 12.2 Å². The normalized spacial score (nSPS) is 13.2. The fourth-order valence-electron chi connectivity index (χ4n) is 3.13. The summed E-state index contributed by atoms with van der Waals surface area (Å²) in [5.74, 6) is -0.300. The standard InChI is InChI=1S/C24H46O3/c1-5-6-7-8-9-10-11-12-13-14-15-16-17-18-19-20-22(25)21-23(26)27-24(2,3)4/h9-10,22,25H,5-8,11-21H2,1-4H3. The van der Waals surface area contributed by atoms with Crippen LogP contribution in [-0.2, 0) is 9.53 Å². The van der Waals surface area contributed by atoms with Crippen molar-refractivity contribution in [1.29, 1.82) is 0 Å². The molecular weight excluding hydrogens is 336 g/mol. The lowest BCUT2D eigenvalue weighted by molar-refractivity contribution is -0.157. The van der Waals surface area contributed by atoms with E-state index in [1.165, 1.54) is 70.6 Å². The quantitative estimate of drug-likeness (QED) is 0.165. The summed E-state index contributed by atoms with van der Waals surface area (Å²) in [7, 11) is 0. The summed E-state index contributed by atoms with van der Waals surface area (Å²) in [6.07, 6.45) is 21.4. The van der Waals surface area contributed by atoms with Gasteiger partial charge in [0.05, 0.1) is 12.5 Å². The molecule has 0 aromatic rings. The van der Waals surface area contributed by atoms with Crippen LogP contribution in [0.3, 0.4) is 0 Å². The predicted octanol–water partition coefficient (Wildman–Crippen LogP) is 7.12. The van der Waals surface area contributed by atoms with Gasteiger partial charge in [0, 0.05) is 0 Å². The van der Waals surface area contributed by atoms with Gasteiger partial charge in [0.2, 0.25) is 0 Å². The van der Waals surface area contributed by atoms with Crippen LogP contribution in [0.1, 0.15) is 124 Å². The Hall–Kier alpha value is -0.830. The van der Waals surface area contributed by atoms with Crippen LogP contribution < -0.4 is 0 Å². The molecule has 0 rings (SSSR count). The zero-order valence-corrected chi connectivity index (χ0v) is 18.6. The smallest absolute Gasteiger partial charge is 0.308 e. The van der Waals surface area contributed by atoms with Gasteiger partial charge in [-0.15, -0.1) is 0 Å². The molecule has 1 N–H and O–H groups in total. The first-order chi connectivity index (χ1) is 12.8. The fraction of sp³-hybridized carbons (Fsp3) is 0.875. The van der Waals surface area contributed by atoms with E-state index in [2.05, 4.69) is 19.1 Å². The van der Waals surface area contributed by atoms with Gasteiger partial charge >= 0.3 is 5.97 Å². The molecule has 27 heavy (non-hydrogen) atoms. The van der Waals surface area contributed by atoms with Crippen molar-refractivity contribution in [3.63, 3.8) is 0 Å². The van der Waals surface area contributed by atoms with E-state index in [0.29, 0.717) is 6.42 Å². The number of hydrogen-bond donors (Lipinski definition) is 1. The first-order valence-electron chi connectivity index (χ1n) is 11.4. The van der Waals surface area contributed by atoms with E-state index in [9.17, 15) is 9.90 Å². The molecule has 0 radical (unpaired) electrons. The summed E-state index contributed by atoms with van der Waals surface area (Å²) in [6, 6.07) is 0. The Morgan fingerprint density at radius 2 is 1.33 bits per heavy atom. The zero-order chi connectivity index (χ0) is 20.4. The Morgan fingerprint density at radius 1 is 0.852 bits per heavy atom. The molecule has 0 heterocycles. The van der Waals surface area contributed by atoms with E-state index in [4.69, 9.17) is 4.74 Å². The minimum absolute atomic E-state index is 0.115. The molecule has 160 valence electrons. The number of aliphatic hydroxyl groups excluding tert-OH is 1. The molecule has 0 saturated carbocycles. The highest BCUT2D eigenvalue weighted by atomic mass is 16.6. The van der Waals surface area contributed by atoms with Crippen molar-refractivity contribution in [3.05, 3.63) is 12.2 Å². The van der Waals surface area contributed by atoms with Gasteiger partial charge < -0.3 is 9.84 Å². The Kier molecular flexibility index (Phi) is 16.7. The number of carbonyl (C=O) groups excluding carboxylic acids is 1. The summed E-state index contributed by atoms with van der Waals surface area (Å²) in [5, 5.41) is 9.91. The highest BCUT2D eigenvalue weighted by molar-refractivity contribution is 5.70. The molecule has 3 nitrogen and oxygen atoms in total. The number of ether oxygens (including phenoxy) is 1. The highest BCUT2D eigenvalue weighted by Gasteiger charge is 2.18. The second kappa shape index (κ2) is 17.3. The average molecular weight is 383 g/mol. The van der Waals surface area contributed by atoms with Crippen LogP contribution in [0.4, 0.5) is 0 Å². The SMILES string of the molecule is CCCCCC=CCCCCCCCCCCC(O)CC(=O)OC(C)(C)C. The maximum Gasteiger partial charge on any atom is 0.308 e. The molecule has 3 heteroatoms. The van der Waals surface area contributed by atoms with Gasteiger partial charge in [0.1, 0.15) is 5.60 Å². The largest absolute Gasteiger partial charge is 0.460 e. The van der Waals surface area contributed by atoms with E-state index < -0.39 is 11.7 Å². The van der Waals surface area contributed by atoms with E-state index in [0.717, 1.165) is 12.8 Å². The minimum atomic E-state index is -0.560. The van der Waals surface area contributed by atoms with Crippen molar-refractivity contribution in [1.82, 2.24) is 0 Å². The van der Waals surface area contributed by atoms with Crippen molar-refractivity contribution < 1.29 is 14.6 Å². The topological polar surface area (TPSA) is 46.5 Å². The number of rotatable bonds is 17. The first kappa shape index (κ1) is 26.2. The summed E-state index contributed by atoms with van der Waals surface area (Å²) in [6.45, 7) is 7.80. The number of esters is 1. The van der Waals surface area contributed by atoms with Gasteiger partial charge in [-0.2, -0.15) is 0 Å². The number of unbranched alkanes of at least 4 members (excludes halogenated alkanes) is 11. The van der Waals surface area contributed by atoms with Gasteiger partial charge in [-0.3, -0.25) is 4.79 Å². The van der Waals surface area contributed by atoms with E-state index in [1.54, 1.807) is 0 Å². The first-order valence-corrected chi connectivity index (χ1v) is 11.4. The number of carbonyl (C=O) groups is 1. The molecule has 0 amide bonds. The molecule has 0 aliphatic carbocycles. The van der Waals surface area contributed by atoms with E-state index in [-0.39, 0.29) is 12.4 Å². The maximum atomic E-state index is 11.6. The van der Waals surface area contributed by atoms with Gasteiger partial charge in [0.15, 0.2) is 0 Å². The molecule has 0 fully saturated rings. The van der Waals surface area contributed by atoms with Crippen LogP contribution in [0, 0.1) is 0 Å². The molecule has 0 aromatic carbocycles. The maximum absolute atomic E-state index is 11.6. The van der Waals surface area contributed by atoms with Crippen LogP contribution in [0.5, 0.6) is 0 Å². The van der Waals surface area contributed by atoms with E-state index >= 15 is 0 Å². The van der Waals surface area contributed by atoms with Gasteiger partial charge in [-0.25, -0.2) is 0 Å². The third-order valence-corrected chi connectivity index (χ3v) is 4.62. The molecule has 0 bridgehead atoms. The molecule has 0 saturated heterocycles. The molecule has 1 atom stereocenters. The molecular formula is C24H46O3. The predicted molar refractivity (Wildman–Crippen MR) is 116 cm³/mol. The second-order valence-electron chi connectivity index (χ2n) is 8.82. The minimum Gasteiger partial charge on any atom is -0.460 e. The van der Waals surface area contributed by atoms with Crippen LogP contribution in [0.25, 0.3) is 0 Å². The van der Waals surface area contributed by atoms with Gasteiger partial charge in [-0.05, 0) is 52.9 Å². The molecule has 0 aromatic heterocycles. The van der Waals surface area contributed by atoms with Crippen molar-refractivity contribution in [2.24, 2.45) is 0 Å². The molecule has 0 aliphatic heterocycles. The highest BCUT2D eigenvalue weighted by Crippen LogP contribution is 2.14. The van der Waals surface area contributed by atoms with Crippen molar-refractivity contribution in [3.8, 4) is 0 Å². The lowest BCUT2D eigenvalue weighted by Crippen LogP contribution is -2.26. The third kappa shape index (κ3) is 21.3. The lowest BCUT2D eigenvalue weighted by atomic mass is 10.0. The monoisotopic (exact) mass is 382 g/mol. The third-order valence-electron chi connectivity index (χ3n) is 4.62. The lowest BCUT2D eigenvalue weighted by Gasteiger charge is -2.20. The molecule has 0 spiro atoms. The zero-order valence-electron chi connectivity index (χ0n) is 18.6. The average Bonchev–Trinajstić information content (AvgIpc) is 2.56. The van der Waals surface area contributed by atoms with Crippen molar-refractivity contribution in [2.45, 2.75) is 136 Å².